The maximum absolute atomic E-state index is 13.1. The van der Waals surface area contributed by atoms with Crippen LogP contribution in [0.15, 0.2) is 47.4 Å². The molecule has 9 heteroatoms. The van der Waals surface area contributed by atoms with Gasteiger partial charge in [-0.25, -0.2) is 8.42 Å². The zero-order valence-corrected chi connectivity index (χ0v) is 20.2. The second kappa shape index (κ2) is 10.4. The number of nitrogens with one attached hydrogen (secondary N) is 2. The van der Waals surface area contributed by atoms with E-state index in [4.69, 9.17) is 4.74 Å². The van der Waals surface area contributed by atoms with Gasteiger partial charge in [0.2, 0.25) is 21.8 Å². The van der Waals surface area contributed by atoms with Gasteiger partial charge in [0, 0.05) is 24.8 Å². The van der Waals surface area contributed by atoms with E-state index >= 15 is 0 Å². The summed E-state index contributed by atoms with van der Waals surface area (Å²) in [5.74, 6) is -0.116. The van der Waals surface area contributed by atoms with Crippen molar-refractivity contribution in [2.75, 3.05) is 23.4 Å². The Balaban J connectivity index is 1.78. The molecule has 0 saturated carbocycles. The maximum Gasteiger partial charge on any atom is 0.242 e. The lowest BCUT2D eigenvalue weighted by atomic mass is 10.0. The number of amides is 2. The van der Waals surface area contributed by atoms with Crippen molar-refractivity contribution in [1.29, 1.82) is 0 Å². The van der Waals surface area contributed by atoms with Crippen LogP contribution in [0.2, 0.25) is 0 Å². The molecule has 1 atom stereocenters. The highest BCUT2D eigenvalue weighted by atomic mass is 32.2. The molecule has 0 bridgehead atoms. The van der Waals surface area contributed by atoms with Crippen LogP contribution in [0.25, 0.3) is 0 Å². The van der Waals surface area contributed by atoms with Crippen LogP contribution in [-0.2, 0) is 26.0 Å². The molecule has 0 aromatic heterocycles. The Labute approximate surface area is 195 Å². The number of fused-ring (bicyclic) bond motifs is 1. The van der Waals surface area contributed by atoms with Crippen LogP contribution in [0.4, 0.5) is 11.4 Å². The fourth-order valence-electron chi connectivity index (χ4n) is 3.82. The largest absolute Gasteiger partial charge is 0.494 e. The average Bonchev–Trinajstić information content (AvgIpc) is 2.77. The van der Waals surface area contributed by atoms with E-state index in [-0.39, 0.29) is 16.7 Å². The van der Waals surface area contributed by atoms with Crippen LogP contribution in [0.3, 0.4) is 0 Å². The molecule has 1 unspecified atom stereocenters. The standard InChI is InChI=1S/C24H31N3O5S/c1-5-32-20-10-8-19(9-11-20)25-24(29)23(16(2)3)26-33(30,31)21-12-13-22-18(15-21)7-6-14-27(22)17(4)28/h8-13,15-16,23,26H,5-7,14H2,1-4H3,(H,25,29). The number of nitrogens with zero attached hydrogens (tertiary/aromatic N) is 1. The average molecular weight is 474 g/mol. The van der Waals surface area contributed by atoms with E-state index in [0.717, 1.165) is 17.7 Å². The second-order valence-corrected chi connectivity index (χ2v) is 10.1. The molecule has 0 spiro atoms. The Bertz CT molecular complexity index is 1110. The Kier molecular flexibility index (Phi) is 7.76. The lowest BCUT2D eigenvalue weighted by molar-refractivity contribution is -0.118. The van der Waals surface area contributed by atoms with E-state index in [2.05, 4.69) is 10.0 Å². The highest BCUT2D eigenvalue weighted by Crippen LogP contribution is 2.29. The molecule has 2 amide bonds. The highest BCUT2D eigenvalue weighted by molar-refractivity contribution is 7.89. The third kappa shape index (κ3) is 5.91. The fourth-order valence-corrected chi connectivity index (χ4v) is 5.21. The molecule has 0 aliphatic carbocycles. The molecule has 1 aliphatic rings. The number of hydrogen-bond acceptors (Lipinski definition) is 5. The molecule has 1 aliphatic heterocycles. The van der Waals surface area contributed by atoms with Gasteiger partial charge in [-0.2, -0.15) is 4.72 Å². The Morgan fingerprint density at radius 2 is 1.82 bits per heavy atom. The highest BCUT2D eigenvalue weighted by Gasteiger charge is 2.30. The number of aryl methyl sites for hydroxylation is 1. The van der Waals surface area contributed by atoms with Crippen molar-refractivity contribution in [3.63, 3.8) is 0 Å². The molecule has 2 N–H and O–H groups in total. The van der Waals surface area contributed by atoms with Crippen molar-refractivity contribution in [3.8, 4) is 5.75 Å². The van der Waals surface area contributed by atoms with Gasteiger partial charge in [-0.1, -0.05) is 13.8 Å². The summed E-state index contributed by atoms with van der Waals surface area (Å²) < 4.78 is 34.2. The number of rotatable bonds is 8. The summed E-state index contributed by atoms with van der Waals surface area (Å²) in [5, 5.41) is 2.77. The zero-order valence-electron chi connectivity index (χ0n) is 19.4. The first-order valence-corrected chi connectivity index (χ1v) is 12.6. The number of hydrogen-bond donors (Lipinski definition) is 2. The minimum atomic E-state index is -3.96. The number of ether oxygens (including phenoxy) is 1. The molecule has 178 valence electrons. The minimum absolute atomic E-state index is 0.0736. The smallest absolute Gasteiger partial charge is 0.242 e. The molecular formula is C24H31N3O5S. The number of benzene rings is 2. The molecule has 33 heavy (non-hydrogen) atoms. The SMILES string of the molecule is CCOc1ccc(NC(=O)C(NS(=O)(=O)c2ccc3c(c2)CCCN3C(C)=O)C(C)C)cc1. The van der Waals surface area contributed by atoms with Gasteiger partial charge in [0.05, 0.1) is 11.5 Å². The maximum atomic E-state index is 13.1. The molecule has 0 radical (unpaired) electrons. The zero-order chi connectivity index (χ0) is 24.2. The van der Waals surface area contributed by atoms with Gasteiger partial charge in [0.1, 0.15) is 11.8 Å². The number of carbonyl (C=O) groups is 2. The minimum Gasteiger partial charge on any atom is -0.494 e. The van der Waals surface area contributed by atoms with Crippen molar-refractivity contribution in [2.24, 2.45) is 5.92 Å². The third-order valence-electron chi connectivity index (χ3n) is 5.52. The van der Waals surface area contributed by atoms with Crippen molar-refractivity contribution in [2.45, 2.75) is 51.5 Å². The second-order valence-electron chi connectivity index (χ2n) is 8.35. The van der Waals surface area contributed by atoms with E-state index in [0.29, 0.717) is 31.0 Å². The first-order valence-electron chi connectivity index (χ1n) is 11.1. The number of anilines is 2. The monoisotopic (exact) mass is 473 g/mol. The van der Waals surface area contributed by atoms with Crippen molar-refractivity contribution in [3.05, 3.63) is 48.0 Å². The fraction of sp³-hybridized carbons (Fsp3) is 0.417. The van der Waals surface area contributed by atoms with Gasteiger partial charge in [-0.3, -0.25) is 9.59 Å². The molecule has 8 nitrogen and oxygen atoms in total. The summed E-state index contributed by atoms with van der Waals surface area (Å²) in [4.78, 5) is 26.5. The third-order valence-corrected chi connectivity index (χ3v) is 6.96. The van der Waals surface area contributed by atoms with Crippen LogP contribution < -0.4 is 19.7 Å². The van der Waals surface area contributed by atoms with E-state index in [9.17, 15) is 18.0 Å². The van der Waals surface area contributed by atoms with Gasteiger partial charge in [-0.05, 0) is 73.7 Å². The predicted molar refractivity (Wildman–Crippen MR) is 128 cm³/mol. The molecule has 2 aromatic carbocycles. The molecule has 2 aromatic rings. The molecule has 0 saturated heterocycles. The van der Waals surface area contributed by atoms with Crippen LogP contribution >= 0.6 is 0 Å². The van der Waals surface area contributed by atoms with Gasteiger partial charge >= 0.3 is 0 Å². The van der Waals surface area contributed by atoms with Gasteiger partial charge in [0.15, 0.2) is 0 Å². The summed E-state index contributed by atoms with van der Waals surface area (Å²) in [5.41, 5.74) is 2.09. The summed E-state index contributed by atoms with van der Waals surface area (Å²) in [6.07, 6.45) is 1.46. The van der Waals surface area contributed by atoms with Crippen LogP contribution in [-0.4, -0.2) is 39.4 Å². The summed E-state index contributed by atoms with van der Waals surface area (Å²) in [7, 11) is -3.96. The molecule has 3 rings (SSSR count). The molecule has 0 fully saturated rings. The Morgan fingerprint density at radius 3 is 2.42 bits per heavy atom. The number of sulfonamides is 1. The Hall–Kier alpha value is -2.91. The van der Waals surface area contributed by atoms with E-state index in [1.807, 2.05) is 6.92 Å². The quantitative estimate of drug-likeness (QED) is 0.612. The first kappa shape index (κ1) is 24.7. The number of carbonyl (C=O) groups excluding carboxylic acids is 2. The van der Waals surface area contributed by atoms with E-state index in [1.165, 1.54) is 13.0 Å². The van der Waals surface area contributed by atoms with Crippen LogP contribution in [0.1, 0.15) is 39.7 Å². The summed E-state index contributed by atoms with van der Waals surface area (Å²) in [6, 6.07) is 10.7. The van der Waals surface area contributed by atoms with Gasteiger partial charge in [0.25, 0.3) is 0 Å². The summed E-state index contributed by atoms with van der Waals surface area (Å²) in [6.45, 7) is 8.10. The van der Waals surface area contributed by atoms with Gasteiger partial charge < -0.3 is 15.0 Å². The van der Waals surface area contributed by atoms with Crippen molar-refractivity contribution < 1.29 is 22.7 Å². The molecule has 1 heterocycles. The Morgan fingerprint density at radius 1 is 1.12 bits per heavy atom. The predicted octanol–water partition coefficient (Wildman–Crippen LogP) is 3.33. The molecular weight excluding hydrogens is 442 g/mol. The summed E-state index contributed by atoms with van der Waals surface area (Å²) >= 11 is 0. The van der Waals surface area contributed by atoms with Crippen LogP contribution in [0.5, 0.6) is 5.75 Å². The van der Waals surface area contributed by atoms with Crippen molar-refractivity contribution in [1.82, 2.24) is 4.72 Å². The topological polar surface area (TPSA) is 105 Å². The normalized spacial score (nSPS) is 14.5. The lowest BCUT2D eigenvalue weighted by Crippen LogP contribution is -2.47. The van der Waals surface area contributed by atoms with E-state index < -0.39 is 22.0 Å². The van der Waals surface area contributed by atoms with E-state index in [1.54, 1.807) is 55.1 Å². The first-order chi connectivity index (χ1) is 15.6. The lowest BCUT2D eigenvalue weighted by Gasteiger charge is -2.29. The van der Waals surface area contributed by atoms with Crippen LogP contribution in [0, 0.1) is 5.92 Å². The van der Waals surface area contributed by atoms with Gasteiger partial charge in [-0.15, -0.1) is 0 Å². The van der Waals surface area contributed by atoms with Crippen molar-refractivity contribution >= 4 is 33.2 Å².